The SMILES string of the molecule is Cc1cnc(C2CCOCC2)n1C1CCN(C(=O)CCc2nc3ccccc3[nH]2)C1. The van der Waals surface area contributed by atoms with Gasteiger partial charge in [-0.3, -0.25) is 4.79 Å². The van der Waals surface area contributed by atoms with E-state index >= 15 is 0 Å². The van der Waals surface area contributed by atoms with Gasteiger partial charge < -0.3 is 19.2 Å². The molecule has 4 heterocycles. The van der Waals surface area contributed by atoms with Crippen molar-refractivity contribution in [2.24, 2.45) is 0 Å². The van der Waals surface area contributed by atoms with Crippen LogP contribution in [0.2, 0.25) is 0 Å². The predicted octanol–water partition coefficient (Wildman–Crippen LogP) is 3.37. The van der Waals surface area contributed by atoms with Crippen LogP contribution in [0.5, 0.6) is 0 Å². The standard InChI is InChI=1S/C23H29N5O2/c1-16-14-24-23(17-9-12-30-13-10-17)28(16)18-8-11-27(15-18)22(29)7-6-21-25-19-4-2-3-5-20(19)26-21/h2-5,14,17-18H,6-13,15H2,1H3,(H,25,26). The van der Waals surface area contributed by atoms with Crippen molar-refractivity contribution in [1.29, 1.82) is 0 Å². The van der Waals surface area contributed by atoms with Crippen molar-refractivity contribution in [2.45, 2.75) is 51.0 Å². The van der Waals surface area contributed by atoms with Crippen LogP contribution >= 0.6 is 0 Å². The summed E-state index contributed by atoms with van der Waals surface area (Å²) in [6.45, 7) is 5.34. The second-order valence-electron chi connectivity index (χ2n) is 8.50. The van der Waals surface area contributed by atoms with E-state index in [0.29, 0.717) is 24.8 Å². The molecule has 0 radical (unpaired) electrons. The minimum atomic E-state index is 0.211. The molecule has 0 bridgehead atoms. The fraction of sp³-hybridized carbons (Fsp3) is 0.522. The first-order chi connectivity index (χ1) is 14.7. The number of fused-ring (bicyclic) bond motifs is 1. The molecule has 1 N–H and O–H groups in total. The van der Waals surface area contributed by atoms with Crippen LogP contribution in [0.15, 0.2) is 30.5 Å². The number of hydrogen-bond acceptors (Lipinski definition) is 4. The number of benzene rings is 1. The lowest BCUT2D eigenvalue weighted by Crippen LogP contribution is -2.30. The van der Waals surface area contributed by atoms with Gasteiger partial charge in [0, 0.05) is 57.0 Å². The molecule has 0 saturated carbocycles. The maximum atomic E-state index is 12.9. The van der Waals surface area contributed by atoms with Gasteiger partial charge in [-0.2, -0.15) is 0 Å². The van der Waals surface area contributed by atoms with E-state index in [-0.39, 0.29) is 5.91 Å². The number of rotatable bonds is 5. The highest BCUT2D eigenvalue weighted by Gasteiger charge is 2.31. The molecule has 2 saturated heterocycles. The lowest BCUT2D eigenvalue weighted by Gasteiger charge is -2.26. The number of carbonyl (C=O) groups excluding carboxylic acids is 1. The van der Waals surface area contributed by atoms with Gasteiger partial charge >= 0.3 is 0 Å². The van der Waals surface area contributed by atoms with E-state index in [1.165, 1.54) is 11.5 Å². The van der Waals surface area contributed by atoms with Crippen LogP contribution in [0.4, 0.5) is 0 Å². The summed E-state index contributed by atoms with van der Waals surface area (Å²) in [5, 5.41) is 0. The van der Waals surface area contributed by atoms with Crippen LogP contribution < -0.4 is 0 Å². The Morgan fingerprint density at radius 1 is 1.23 bits per heavy atom. The van der Waals surface area contributed by atoms with Gasteiger partial charge in [-0.15, -0.1) is 0 Å². The number of aryl methyl sites for hydroxylation is 2. The van der Waals surface area contributed by atoms with Crippen molar-refractivity contribution in [3.8, 4) is 0 Å². The Kier molecular flexibility index (Phi) is 5.29. The van der Waals surface area contributed by atoms with Crippen LogP contribution in [0, 0.1) is 6.92 Å². The van der Waals surface area contributed by atoms with Crippen molar-refractivity contribution < 1.29 is 9.53 Å². The number of likely N-dealkylation sites (tertiary alicyclic amines) is 1. The van der Waals surface area contributed by atoms with Gasteiger partial charge in [-0.25, -0.2) is 9.97 Å². The molecule has 1 unspecified atom stereocenters. The first-order valence-electron chi connectivity index (χ1n) is 11.0. The molecular formula is C23H29N5O2. The van der Waals surface area contributed by atoms with E-state index < -0.39 is 0 Å². The molecule has 0 aliphatic carbocycles. The minimum absolute atomic E-state index is 0.211. The molecule has 1 atom stereocenters. The molecule has 7 heteroatoms. The van der Waals surface area contributed by atoms with Crippen LogP contribution in [-0.4, -0.2) is 56.6 Å². The maximum Gasteiger partial charge on any atom is 0.223 e. The summed E-state index contributed by atoms with van der Waals surface area (Å²) in [4.78, 5) is 27.5. The molecule has 2 aromatic heterocycles. The van der Waals surface area contributed by atoms with Gasteiger partial charge in [-0.05, 0) is 38.3 Å². The number of nitrogens with zero attached hydrogens (tertiary/aromatic N) is 4. The molecule has 158 valence electrons. The van der Waals surface area contributed by atoms with E-state index in [9.17, 15) is 4.79 Å². The molecule has 0 spiro atoms. The van der Waals surface area contributed by atoms with Crippen molar-refractivity contribution in [2.75, 3.05) is 26.3 Å². The highest BCUT2D eigenvalue weighted by molar-refractivity contribution is 5.77. The second kappa shape index (κ2) is 8.22. The van der Waals surface area contributed by atoms with Crippen molar-refractivity contribution >= 4 is 16.9 Å². The lowest BCUT2D eigenvalue weighted by atomic mass is 9.99. The number of ether oxygens (including phenoxy) is 1. The molecule has 1 amide bonds. The van der Waals surface area contributed by atoms with Gasteiger partial charge in [-0.1, -0.05) is 12.1 Å². The summed E-state index contributed by atoms with van der Waals surface area (Å²) in [7, 11) is 0. The number of H-pyrrole nitrogens is 1. The number of para-hydroxylation sites is 2. The normalized spacial score (nSPS) is 20.3. The summed E-state index contributed by atoms with van der Waals surface area (Å²) in [6, 6.07) is 8.30. The van der Waals surface area contributed by atoms with Crippen molar-refractivity contribution in [1.82, 2.24) is 24.4 Å². The molecule has 30 heavy (non-hydrogen) atoms. The highest BCUT2D eigenvalue weighted by atomic mass is 16.5. The average Bonchev–Trinajstić information content (AvgIpc) is 3.50. The maximum absolute atomic E-state index is 12.9. The summed E-state index contributed by atoms with van der Waals surface area (Å²) in [6.07, 6.45) is 6.17. The van der Waals surface area contributed by atoms with E-state index in [4.69, 9.17) is 9.72 Å². The summed E-state index contributed by atoms with van der Waals surface area (Å²) in [5.41, 5.74) is 3.17. The zero-order chi connectivity index (χ0) is 20.5. The highest BCUT2D eigenvalue weighted by Crippen LogP contribution is 2.32. The number of aromatic amines is 1. The third-order valence-corrected chi connectivity index (χ3v) is 6.49. The van der Waals surface area contributed by atoms with Crippen LogP contribution in [-0.2, 0) is 16.0 Å². The molecule has 1 aromatic carbocycles. The van der Waals surface area contributed by atoms with E-state index in [2.05, 4.69) is 21.5 Å². The molecule has 5 rings (SSSR count). The Hall–Kier alpha value is -2.67. The lowest BCUT2D eigenvalue weighted by molar-refractivity contribution is -0.130. The fourth-order valence-corrected chi connectivity index (χ4v) is 4.88. The van der Waals surface area contributed by atoms with Crippen LogP contribution in [0.25, 0.3) is 11.0 Å². The van der Waals surface area contributed by atoms with Gasteiger partial charge in [0.15, 0.2) is 0 Å². The Balaban J connectivity index is 1.22. The zero-order valence-corrected chi connectivity index (χ0v) is 17.5. The quantitative estimate of drug-likeness (QED) is 0.704. The molecule has 2 aliphatic rings. The third kappa shape index (κ3) is 3.74. The number of hydrogen-bond donors (Lipinski definition) is 1. The van der Waals surface area contributed by atoms with Crippen molar-refractivity contribution in [3.05, 3.63) is 47.8 Å². The second-order valence-corrected chi connectivity index (χ2v) is 8.50. The Morgan fingerprint density at radius 3 is 2.90 bits per heavy atom. The van der Waals surface area contributed by atoms with Crippen molar-refractivity contribution in [3.63, 3.8) is 0 Å². The number of nitrogens with one attached hydrogen (secondary N) is 1. The first kappa shape index (κ1) is 19.3. The van der Waals surface area contributed by atoms with E-state index in [1.54, 1.807) is 0 Å². The van der Waals surface area contributed by atoms with Gasteiger partial charge in [0.2, 0.25) is 5.91 Å². The van der Waals surface area contributed by atoms with E-state index in [0.717, 1.165) is 62.4 Å². The monoisotopic (exact) mass is 407 g/mol. The fourth-order valence-electron chi connectivity index (χ4n) is 4.88. The Labute approximate surface area is 176 Å². The number of aromatic nitrogens is 4. The van der Waals surface area contributed by atoms with Gasteiger partial charge in [0.05, 0.1) is 17.1 Å². The molecule has 3 aromatic rings. The van der Waals surface area contributed by atoms with E-state index in [1.807, 2.05) is 35.4 Å². The number of carbonyl (C=O) groups is 1. The van der Waals surface area contributed by atoms with Gasteiger partial charge in [0.25, 0.3) is 0 Å². The topological polar surface area (TPSA) is 76.0 Å². The smallest absolute Gasteiger partial charge is 0.223 e. The zero-order valence-electron chi connectivity index (χ0n) is 17.5. The molecular weight excluding hydrogens is 378 g/mol. The van der Waals surface area contributed by atoms with Crippen LogP contribution in [0.3, 0.4) is 0 Å². The predicted molar refractivity (Wildman–Crippen MR) is 114 cm³/mol. The number of amides is 1. The Bertz CT molecular complexity index is 1000. The molecule has 2 aliphatic heterocycles. The molecule has 7 nitrogen and oxygen atoms in total. The summed E-state index contributed by atoms with van der Waals surface area (Å²) < 4.78 is 7.92. The largest absolute Gasteiger partial charge is 0.381 e. The minimum Gasteiger partial charge on any atom is -0.381 e. The summed E-state index contributed by atoms with van der Waals surface area (Å²) in [5.74, 6) is 2.73. The summed E-state index contributed by atoms with van der Waals surface area (Å²) >= 11 is 0. The van der Waals surface area contributed by atoms with Gasteiger partial charge in [0.1, 0.15) is 11.6 Å². The third-order valence-electron chi connectivity index (χ3n) is 6.49. The Morgan fingerprint density at radius 2 is 2.07 bits per heavy atom. The number of imidazole rings is 2. The molecule has 2 fully saturated rings. The average molecular weight is 408 g/mol. The first-order valence-corrected chi connectivity index (χ1v) is 11.0. The van der Waals surface area contributed by atoms with Crippen LogP contribution in [0.1, 0.15) is 55.0 Å².